The highest BCUT2D eigenvalue weighted by molar-refractivity contribution is 5.92. The second kappa shape index (κ2) is 14.9. The summed E-state index contributed by atoms with van der Waals surface area (Å²) in [4.78, 5) is 61.3. The molecule has 40 heavy (non-hydrogen) atoms. The van der Waals surface area contributed by atoms with Gasteiger partial charge in [0.2, 0.25) is 11.8 Å². The van der Waals surface area contributed by atoms with Crippen molar-refractivity contribution in [3.05, 3.63) is 41.5 Å². The zero-order chi connectivity index (χ0) is 29.1. The Kier molecular flexibility index (Phi) is 11.3. The lowest BCUT2D eigenvalue weighted by atomic mass is 10.1. The van der Waals surface area contributed by atoms with Crippen LogP contribution in [0.5, 0.6) is 11.5 Å². The van der Waals surface area contributed by atoms with Gasteiger partial charge in [-0.25, -0.2) is 4.98 Å². The summed E-state index contributed by atoms with van der Waals surface area (Å²) in [5.41, 5.74) is 1.27. The Balaban J connectivity index is 1.71. The molecule has 2 aromatic rings. The molecule has 0 radical (unpaired) electrons. The molecule has 0 saturated heterocycles. The topological polar surface area (TPSA) is 146 Å². The number of aryl methyl sites for hydroxylation is 2. The number of hydrogen-bond donors (Lipinski definition) is 3. The van der Waals surface area contributed by atoms with E-state index in [1.807, 2.05) is 6.07 Å². The van der Waals surface area contributed by atoms with Gasteiger partial charge in [-0.2, -0.15) is 0 Å². The minimum absolute atomic E-state index is 0.0939. The zero-order valence-electron chi connectivity index (χ0n) is 23.7. The largest absolute Gasteiger partial charge is 0.493 e. The zero-order valence-corrected chi connectivity index (χ0v) is 23.7. The van der Waals surface area contributed by atoms with Gasteiger partial charge < -0.3 is 34.9 Å². The van der Waals surface area contributed by atoms with Crippen LogP contribution in [0.3, 0.4) is 0 Å². The van der Waals surface area contributed by atoms with Gasteiger partial charge in [-0.05, 0) is 57.2 Å². The number of carbonyl (C=O) groups excluding carboxylic acids is 4. The molecule has 2 heterocycles. The van der Waals surface area contributed by atoms with Crippen LogP contribution in [0.25, 0.3) is 0 Å². The fourth-order valence-corrected chi connectivity index (χ4v) is 4.43. The number of likely N-dealkylation sites (N-methyl/N-ethyl adjacent to an activating group) is 1. The van der Waals surface area contributed by atoms with Gasteiger partial charge in [0, 0.05) is 39.6 Å². The first-order valence-electron chi connectivity index (χ1n) is 13.6. The third kappa shape index (κ3) is 8.99. The molecule has 1 atom stereocenters. The molecule has 3 rings (SSSR count). The lowest BCUT2D eigenvalue weighted by Gasteiger charge is -2.24. The number of nitrogens with zero attached hydrogens (tertiary/aromatic N) is 3. The van der Waals surface area contributed by atoms with Gasteiger partial charge in [0.05, 0.1) is 13.3 Å². The van der Waals surface area contributed by atoms with Crippen LogP contribution in [0.15, 0.2) is 24.4 Å². The van der Waals surface area contributed by atoms with Crippen molar-refractivity contribution in [1.29, 1.82) is 0 Å². The van der Waals surface area contributed by atoms with Crippen molar-refractivity contribution in [2.75, 3.05) is 46.9 Å². The molecule has 1 aliphatic heterocycles. The molecule has 1 aromatic heterocycles. The Morgan fingerprint density at radius 1 is 1.07 bits per heavy atom. The first-order chi connectivity index (χ1) is 19.2. The number of rotatable bonds is 2. The first kappa shape index (κ1) is 30.5. The second-order valence-electron chi connectivity index (χ2n) is 9.91. The number of nitrogens with one attached hydrogen (secondary N) is 3. The highest BCUT2D eigenvalue weighted by Gasteiger charge is 2.21. The number of fused-ring (bicyclic) bond motifs is 2. The van der Waals surface area contributed by atoms with Gasteiger partial charge in [-0.1, -0.05) is 6.07 Å². The lowest BCUT2D eigenvalue weighted by Crippen LogP contribution is -2.47. The molecule has 12 heteroatoms. The van der Waals surface area contributed by atoms with E-state index in [1.54, 1.807) is 42.8 Å². The van der Waals surface area contributed by atoms with Crippen LogP contribution in [0, 0.1) is 6.92 Å². The number of carbonyl (C=O) groups is 4. The third-order valence-electron chi connectivity index (χ3n) is 6.67. The molecule has 4 amide bonds. The van der Waals surface area contributed by atoms with Gasteiger partial charge in [0.15, 0.2) is 18.1 Å². The molecular formula is C28H40N6O6. The SMILES string of the molecule is COc1ccc2cc1OCC(=O)N[C@@H](C)C(=O)N(C)CCCCN(C(=O)c1cnc(C)[nH]1)CCCNC(=O)CC2. The summed E-state index contributed by atoms with van der Waals surface area (Å²) in [6.07, 6.45) is 4.22. The molecule has 0 fully saturated rings. The highest BCUT2D eigenvalue weighted by Crippen LogP contribution is 2.28. The molecule has 1 aromatic carbocycles. The quantitative estimate of drug-likeness (QED) is 0.507. The molecule has 3 N–H and O–H groups in total. The minimum atomic E-state index is -0.729. The maximum Gasteiger partial charge on any atom is 0.271 e. The number of methoxy groups -OCH3 is 1. The van der Waals surface area contributed by atoms with E-state index in [0.717, 1.165) is 5.56 Å². The third-order valence-corrected chi connectivity index (χ3v) is 6.67. The average molecular weight is 557 g/mol. The number of imidazole rings is 1. The Morgan fingerprint density at radius 2 is 1.82 bits per heavy atom. The maximum atomic E-state index is 13.1. The number of aromatic nitrogens is 2. The molecular weight excluding hydrogens is 516 g/mol. The first-order valence-corrected chi connectivity index (χ1v) is 13.6. The number of aromatic amines is 1. The Hall–Kier alpha value is -4.09. The smallest absolute Gasteiger partial charge is 0.271 e. The van der Waals surface area contributed by atoms with E-state index in [-0.39, 0.29) is 30.7 Å². The second-order valence-corrected chi connectivity index (χ2v) is 9.91. The fourth-order valence-electron chi connectivity index (χ4n) is 4.43. The van der Waals surface area contributed by atoms with Crippen molar-refractivity contribution in [2.24, 2.45) is 0 Å². The van der Waals surface area contributed by atoms with Crippen molar-refractivity contribution in [3.8, 4) is 11.5 Å². The van der Waals surface area contributed by atoms with Gasteiger partial charge in [-0.3, -0.25) is 19.2 Å². The van der Waals surface area contributed by atoms with Crippen molar-refractivity contribution in [3.63, 3.8) is 0 Å². The summed E-state index contributed by atoms with van der Waals surface area (Å²) in [5.74, 6) is 0.600. The van der Waals surface area contributed by atoms with Gasteiger partial charge in [-0.15, -0.1) is 0 Å². The number of hydrogen-bond acceptors (Lipinski definition) is 7. The number of ether oxygens (including phenoxy) is 2. The van der Waals surface area contributed by atoms with E-state index in [1.165, 1.54) is 13.3 Å². The summed E-state index contributed by atoms with van der Waals surface area (Å²) in [6.45, 7) is 5.00. The summed E-state index contributed by atoms with van der Waals surface area (Å²) < 4.78 is 11.0. The van der Waals surface area contributed by atoms with Crippen LogP contribution in [-0.4, -0.2) is 96.4 Å². The molecule has 0 aliphatic carbocycles. The summed E-state index contributed by atoms with van der Waals surface area (Å²) in [6, 6.07) is 4.59. The number of H-pyrrole nitrogens is 1. The normalized spacial score (nSPS) is 19.0. The Morgan fingerprint density at radius 3 is 2.55 bits per heavy atom. The predicted octanol–water partition coefficient (Wildman–Crippen LogP) is 1.44. The van der Waals surface area contributed by atoms with Gasteiger partial charge in [0.1, 0.15) is 17.6 Å². The molecule has 0 unspecified atom stereocenters. The van der Waals surface area contributed by atoms with Crippen molar-refractivity contribution >= 4 is 23.6 Å². The Bertz CT molecular complexity index is 1180. The molecule has 0 saturated carbocycles. The summed E-state index contributed by atoms with van der Waals surface area (Å²) in [7, 11) is 3.20. The van der Waals surface area contributed by atoms with Gasteiger partial charge in [0.25, 0.3) is 11.8 Å². The van der Waals surface area contributed by atoms with Crippen LogP contribution in [0.4, 0.5) is 0 Å². The van der Waals surface area contributed by atoms with Crippen LogP contribution < -0.4 is 20.1 Å². The maximum absolute atomic E-state index is 13.1. The van der Waals surface area contributed by atoms with Crippen LogP contribution >= 0.6 is 0 Å². The van der Waals surface area contributed by atoms with E-state index in [2.05, 4.69) is 20.6 Å². The summed E-state index contributed by atoms with van der Waals surface area (Å²) >= 11 is 0. The van der Waals surface area contributed by atoms with Crippen molar-refractivity contribution in [1.82, 2.24) is 30.4 Å². The molecule has 12 nitrogen and oxygen atoms in total. The minimum Gasteiger partial charge on any atom is -0.493 e. The van der Waals surface area contributed by atoms with E-state index < -0.39 is 11.9 Å². The number of benzene rings is 1. The molecule has 0 spiro atoms. The fraction of sp³-hybridized carbons (Fsp3) is 0.536. The van der Waals surface area contributed by atoms with Crippen molar-refractivity contribution < 1.29 is 28.7 Å². The van der Waals surface area contributed by atoms with Crippen molar-refractivity contribution in [2.45, 2.75) is 52.0 Å². The lowest BCUT2D eigenvalue weighted by molar-refractivity contribution is -0.135. The van der Waals surface area contributed by atoms with Crippen LogP contribution in [0.2, 0.25) is 0 Å². The van der Waals surface area contributed by atoms with Crippen LogP contribution in [-0.2, 0) is 20.8 Å². The summed E-state index contributed by atoms with van der Waals surface area (Å²) in [5, 5.41) is 5.60. The van der Waals surface area contributed by atoms with E-state index in [9.17, 15) is 19.2 Å². The standard InChI is InChI=1S/C28H40N6O6/c1-19-27(37)33(3)13-5-6-14-34(28(38)22-17-30-20(2)32-22)15-7-12-29-25(35)11-9-21-8-10-23(39-4)24(16-21)40-18-26(36)31-19/h8,10,16-17,19H,5-7,9,11-15,18H2,1-4H3,(H,29,35)(H,30,32)(H,31,36)/t19-/m0/s1. The Labute approximate surface area is 234 Å². The van der Waals surface area contributed by atoms with E-state index >= 15 is 0 Å². The van der Waals surface area contributed by atoms with E-state index in [0.29, 0.717) is 74.9 Å². The van der Waals surface area contributed by atoms with Crippen LogP contribution in [0.1, 0.15) is 54.5 Å². The predicted molar refractivity (Wildman–Crippen MR) is 148 cm³/mol. The molecule has 2 bridgehead atoms. The average Bonchev–Trinajstić information content (AvgIpc) is 3.38. The molecule has 218 valence electrons. The van der Waals surface area contributed by atoms with E-state index in [4.69, 9.17) is 9.47 Å². The molecule has 1 aliphatic rings. The van der Waals surface area contributed by atoms with Gasteiger partial charge >= 0.3 is 0 Å². The monoisotopic (exact) mass is 556 g/mol. The highest BCUT2D eigenvalue weighted by atomic mass is 16.5. The number of amides is 4.